The van der Waals surface area contributed by atoms with Gasteiger partial charge in [0.05, 0.1) is 0 Å². The fraction of sp³-hybridized carbons (Fsp3) is 0.571. The second-order valence-corrected chi connectivity index (χ2v) is 5.41. The van der Waals surface area contributed by atoms with E-state index in [2.05, 4.69) is 31.3 Å². The highest BCUT2D eigenvalue weighted by molar-refractivity contribution is 5.51. The van der Waals surface area contributed by atoms with Crippen LogP contribution in [0.25, 0.3) is 0 Å². The SMILES string of the molecule is CC(C)(c1cccc2c1OCO2)C1CCCN1. The Morgan fingerprint density at radius 3 is 2.94 bits per heavy atom. The van der Waals surface area contributed by atoms with E-state index < -0.39 is 0 Å². The van der Waals surface area contributed by atoms with Crippen LogP contribution in [0.1, 0.15) is 32.3 Å². The fourth-order valence-corrected chi connectivity index (χ4v) is 2.93. The quantitative estimate of drug-likeness (QED) is 0.851. The van der Waals surface area contributed by atoms with Gasteiger partial charge >= 0.3 is 0 Å². The number of para-hydroxylation sites is 1. The zero-order valence-corrected chi connectivity index (χ0v) is 10.5. The van der Waals surface area contributed by atoms with Crippen LogP contribution in [0.4, 0.5) is 0 Å². The molecule has 1 atom stereocenters. The van der Waals surface area contributed by atoms with E-state index in [1.807, 2.05) is 6.07 Å². The molecule has 2 aliphatic rings. The summed E-state index contributed by atoms with van der Waals surface area (Å²) in [7, 11) is 0. The van der Waals surface area contributed by atoms with Crippen molar-refractivity contribution in [3.8, 4) is 11.5 Å². The van der Waals surface area contributed by atoms with Gasteiger partial charge in [-0.3, -0.25) is 0 Å². The summed E-state index contributed by atoms with van der Waals surface area (Å²) < 4.78 is 11.1. The second-order valence-electron chi connectivity index (χ2n) is 5.41. The van der Waals surface area contributed by atoms with Crippen molar-refractivity contribution in [2.45, 2.75) is 38.1 Å². The molecule has 1 saturated heterocycles. The van der Waals surface area contributed by atoms with Crippen LogP contribution in [-0.2, 0) is 5.41 Å². The fourth-order valence-electron chi connectivity index (χ4n) is 2.93. The molecule has 0 bridgehead atoms. The summed E-state index contributed by atoms with van der Waals surface area (Å²) in [4.78, 5) is 0. The molecule has 2 aliphatic heterocycles. The highest BCUT2D eigenvalue weighted by Crippen LogP contribution is 2.43. The molecule has 2 heterocycles. The van der Waals surface area contributed by atoms with Crippen LogP contribution >= 0.6 is 0 Å². The minimum atomic E-state index is 0.0789. The minimum absolute atomic E-state index is 0.0789. The lowest BCUT2D eigenvalue weighted by Gasteiger charge is -2.33. The third-order valence-corrected chi connectivity index (χ3v) is 4.02. The monoisotopic (exact) mass is 233 g/mol. The number of rotatable bonds is 2. The molecular weight excluding hydrogens is 214 g/mol. The van der Waals surface area contributed by atoms with Gasteiger partial charge in [-0.25, -0.2) is 0 Å². The van der Waals surface area contributed by atoms with Crippen molar-refractivity contribution in [2.24, 2.45) is 0 Å². The summed E-state index contributed by atoms with van der Waals surface area (Å²) in [6.45, 7) is 6.04. The van der Waals surface area contributed by atoms with Gasteiger partial charge in [0.1, 0.15) is 0 Å². The maximum Gasteiger partial charge on any atom is 0.231 e. The van der Waals surface area contributed by atoms with Crippen LogP contribution in [0.15, 0.2) is 18.2 Å². The molecule has 92 valence electrons. The Morgan fingerprint density at radius 2 is 2.18 bits per heavy atom. The summed E-state index contributed by atoms with van der Waals surface area (Å²) in [6.07, 6.45) is 2.50. The Labute approximate surface area is 102 Å². The van der Waals surface area contributed by atoms with Crippen molar-refractivity contribution in [2.75, 3.05) is 13.3 Å². The van der Waals surface area contributed by atoms with Crippen LogP contribution in [0.3, 0.4) is 0 Å². The molecule has 1 N–H and O–H groups in total. The number of hydrogen-bond acceptors (Lipinski definition) is 3. The van der Waals surface area contributed by atoms with Crippen molar-refractivity contribution in [1.82, 2.24) is 5.32 Å². The van der Waals surface area contributed by atoms with E-state index in [1.54, 1.807) is 0 Å². The molecule has 3 nitrogen and oxygen atoms in total. The van der Waals surface area contributed by atoms with Crippen molar-refractivity contribution in [3.05, 3.63) is 23.8 Å². The van der Waals surface area contributed by atoms with Crippen molar-refractivity contribution >= 4 is 0 Å². The van der Waals surface area contributed by atoms with E-state index in [0.29, 0.717) is 12.8 Å². The summed E-state index contributed by atoms with van der Waals surface area (Å²) in [5, 5.41) is 3.59. The predicted octanol–water partition coefficient (Wildman–Crippen LogP) is 2.44. The first kappa shape index (κ1) is 10.9. The number of hydrogen-bond donors (Lipinski definition) is 1. The van der Waals surface area contributed by atoms with Gasteiger partial charge in [-0.05, 0) is 25.5 Å². The molecule has 1 unspecified atom stereocenters. The number of ether oxygens (including phenoxy) is 2. The van der Waals surface area contributed by atoms with E-state index in [9.17, 15) is 0 Å². The first-order chi connectivity index (χ1) is 8.19. The maximum atomic E-state index is 5.63. The topological polar surface area (TPSA) is 30.5 Å². The predicted molar refractivity (Wildman–Crippen MR) is 66.6 cm³/mol. The maximum absolute atomic E-state index is 5.63. The third kappa shape index (κ3) is 1.69. The normalized spacial score (nSPS) is 23.1. The van der Waals surface area contributed by atoms with Gasteiger partial charge in [-0.1, -0.05) is 26.0 Å². The Balaban J connectivity index is 2.00. The summed E-state index contributed by atoms with van der Waals surface area (Å²) in [5.74, 6) is 1.82. The van der Waals surface area contributed by atoms with Crippen LogP contribution < -0.4 is 14.8 Å². The molecule has 0 aromatic heterocycles. The molecular formula is C14H19NO2. The lowest BCUT2D eigenvalue weighted by molar-refractivity contribution is 0.171. The summed E-state index contributed by atoms with van der Waals surface area (Å²) in [5.41, 5.74) is 1.34. The van der Waals surface area contributed by atoms with Crippen LogP contribution in [0.5, 0.6) is 11.5 Å². The Kier molecular flexibility index (Phi) is 2.51. The minimum Gasteiger partial charge on any atom is -0.454 e. The number of benzene rings is 1. The Hall–Kier alpha value is -1.22. The molecule has 0 amide bonds. The van der Waals surface area contributed by atoms with E-state index in [0.717, 1.165) is 18.0 Å². The molecule has 0 radical (unpaired) electrons. The molecule has 1 aromatic rings. The van der Waals surface area contributed by atoms with Crippen LogP contribution in [-0.4, -0.2) is 19.4 Å². The first-order valence-corrected chi connectivity index (χ1v) is 6.32. The first-order valence-electron chi connectivity index (χ1n) is 6.32. The zero-order valence-electron chi connectivity index (χ0n) is 10.5. The van der Waals surface area contributed by atoms with Crippen molar-refractivity contribution in [1.29, 1.82) is 0 Å². The smallest absolute Gasteiger partial charge is 0.231 e. The van der Waals surface area contributed by atoms with Crippen molar-refractivity contribution < 1.29 is 9.47 Å². The number of fused-ring (bicyclic) bond motifs is 1. The van der Waals surface area contributed by atoms with Gasteiger partial charge < -0.3 is 14.8 Å². The van der Waals surface area contributed by atoms with E-state index in [-0.39, 0.29) is 5.41 Å². The number of nitrogens with one attached hydrogen (secondary N) is 1. The highest BCUT2D eigenvalue weighted by Gasteiger charge is 2.37. The molecule has 3 rings (SSSR count). The Morgan fingerprint density at radius 1 is 1.29 bits per heavy atom. The van der Waals surface area contributed by atoms with Gasteiger partial charge in [0.15, 0.2) is 11.5 Å². The van der Waals surface area contributed by atoms with Crippen LogP contribution in [0, 0.1) is 0 Å². The average Bonchev–Trinajstić information content (AvgIpc) is 2.99. The lowest BCUT2D eigenvalue weighted by Crippen LogP contribution is -2.40. The van der Waals surface area contributed by atoms with Gasteiger partial charge in [-0.15, -0.1) is 0 Å². The Bertz CT molecular complexity index is 422. The highest BCUT2D eigenvalue weighted by atomic mass is 16.7. The van der Waals surface area contributed by atoms with E-state index >= 15 is 0 Å². The molecule has 3 heteroatoms. The van der Waals surface area contributed by atoms with E-state index in [4.69, 9.17) is 9.47 Å². The molecule has 1 fully saturated rings. The molecule has 1 aromatic carbocycles. The van der Waals surface area contributed by atoms with E-state index in [1.165, 1.54) is 18.4 Å². The van der Waals surface area contributed by atoms with Gasteiger partial charge in [0.2, 0.25) is 6.79 Å². The molecule has 0 spiro atoms. The second kappa shape index (κ2) is 3.91. The van der Waals surface area contributed by atoms with Gasteiger partial charge in [0, 0.05) is 17.0 Å². The van der Waals surface area contributed by atoms with Crippen LogP contribution in [0.2, 0.25) is 0 Å². The van der Waals surface area contributed by atoms with Gasteiger partial charge in [-0.2, -0.15) is 0 Å². The average molecular weight is 233 g/mol. The standard InChI is InChI=1S/C14H19NO2/c1-14(2,12-7-4-8-15-12)10-5-3-6-11-13(10)17-9-16-11/h3,5-6,12,15H,4,7-9H2,1-2H3. The van der Waals surface area contributed by atoms with Gasteiger partial charge in [0.25, 0.3) is 0 Å². The molecule has 17 heavy (non-hydrogen) atoms. The molecule has 0 aliphatic carbocycles. The zero-order chi connectivity index (χ0) is 11.9. The molecule has 0 saturated carbocycles. The lowest BCUT2D eigenvalue weighted by atomic mass is 9.76. The summed E-state index contributed by atoms with van der Waals surface area (Å²) >= 11 is 0. The third-order valence-electron chi connectivity index (χ3n) is 4.02. The largest absolute Gasteiger partial charge is 0.454 e. The van der Waals surface area contributed by atoms with Crippen molar-refractivity contribution in [3.63, 3.8) is 0 Å². The summed E-state index contributed by atoms with van der Waals surface area (Å²) in [6, 6.07) is 6.72.